The van der Waals surface area contributed by atoms with Crippen molar-refractivity contribution < 1.29 is 13.9 Å². The Bertz CT molecular complexity index is 807. The molecule has 0 fully saturated rings. The normalized spacial score (nSPS) is 10.8. The van der Waals surface area contributed by atoms with Crippen LogP contribution in [0.2, 0.25) is 0 Å². The standard InChI is InChI=1S/C17H14FNO2/c1-21-12-6-7-16-14(9-12)11(10-19-16)8-17(20)13-4-2-3-5-15(13)18/h2-7,9-10,19H,8H2,1H3. The van der Waals surface area contributed by atoms with Gasteiger partial charge in [0.15, 0.2) is 5.78 Å². The van der Waals surface area contributed by atoms with Crippen molar-refractivity contribution in [2.24, 2.45) is 0 Å². The number of hydrogen-bond acceptors (Lipinski definition) is 2. The molecule has 1 N–H and O–H groups in total. The third-order valence-electron chi connectivity index (χ3n) is 3.50. The van der Waals surface area contributed by atoms with Crippen molar-refractivity contribution in [1.82, 2.24) is 4.98 Å². The van der Waals surface area contributed by atoms with Gasteiger partial charge in [0.05, 0.1) is 12.7 Å². The highest BCUT2D eigenvalue weighted by Gasteiger charge is 2.14. The average molecular weight is 283 g/mol. The highest BCUT2D eigenvalue weighted by Crippen LogP contribution is 2.25. The Labute approximate surface area is 121 Å². The van der Waals surface area contributed by atoms with Gasteiger partial charge in [0, 0.05) is 23.5 Å². The van der Waals surface area contributed by atoms with Crippen LogP contribution in [0.5, 0.6) is 5.75 Å². The lowest BCUT2D eigenvalue weighted by Gasteiger charge is -2.03. The molecule has 0 saturated heterocycles. The molecule has 0 aliphatic rings. The highest BCUT2D eigenvalue weighted by molar-refractivity contribution is 6.00. The topological polar surface area (TPSA) is 42.1 Å². The number of hydrogen-bond donors (Lipinski definition) is 1. The van der Waals surface area contributed by atoms with Crippen molar-refractivity contribution in [3.05, 3.63) is 65.6 Å². The van der Waals surface area contributed by atoms with Crippen molar-refractivity contribution >= 4 is 16.7 Å². The second-order valence-electron chi connectivity index (χ2n) is 4.81. The molecule has 21 heavy (non-hydrogen) atoms. The van der Waals surface area contributed by atoms with Gasteiger partial charge in [0.1, 0.15) is 11.6 Å². The minimum atomic E-state index is -0.486. The first-order chi connectivity index (χ1) is 10.2. The van der Waals surface area contributed by atoms with E-state index in [4.69, 9.17) is 4.74 Å². The van der Waals surface area contributed by atoms with Crippen molar-refractivity contribution in [3.8, 4) is 5.75 Å². The number of ketones is 1. The van der Waals surface area contributed by atoms with Gasteiger partial charge in [-0.05, 0) is 35.9 Å². The number of carbonyl (C=O) groups excluding carboxylic acids is 1. The molecule has 3 rings (SSSR count). The Morgan fingerprint density at radius 3 is 2.81 bits per heavy atom. The number of aromatic amines is 1. The van der Waals surface area contributed by atoms with E-state index in [0.29, 0.717) is 0 Å². The number of carbonyl (C=O) groups is 1. The molecule has 3 aromatic rings. The number of rotatable bonds is 4. The highest BCUT2D eigenvalue weighted by atomic mass is 19.1. The molecule has 0 saturated carbocycles. The fourth-order valence-electron chi connectivity index (χ4n) is 2.39. The van der Waals surface area contributed by atoms with Crippen LogP contribution in [0.3, 0.4) is 0 Å². The number of H-pyrrole nitrogens is 1. The van der Waals surface area contributed by atoms with E-state index in [1.807, 2.05) is 18.2 Å². The molecular formula is C17H14FNO2. The van der Waals surface area contributed by atoms with E-state index in [0.717, 1.165) is 22.2 Å². The zero-order valence-electron chi connectivity index (χ0n) is 11.5. The Hall–Kier alpha value is -2.62. The first-order valence-electron chi connectivity index (χ1n) is 6.61. The maximum Gasteiger partial charge on any atom is 0.170 e. The molecule has 0 aliphatic heterocycles. The van der Waals surface area contributed by atoms with Crippen LogP contribution in [0.4, 0.5) is 4.39 Å². The SMILES string of the molecule is COc1ccc2[nH]cc(CC(=O)c3ccccc3F)c2c1. The van der Waals surface area contributed by atoms with Crippen molar-refractivity contribution in [1.29, 1.82) is 0 Å². The summed E-state index contributed by atoms with van der Waals surface area (Å²) in [5.74, 6) is -0.00145. The summed E-state index contributed by atoms with van der Waals surface area (Å²) in [5, 5.41) is 0.916. The van der Waals surface area contributed by atoms with Crippen LogP contribution in [0.1, 0.15) is 15.9 Å². The number of benzene rings is 2. The predicted molar refractivity (Wildman–Crippen MR) is 79.3 cm³/mol. The van der Waals surface area contributed by atoms with Gasteiger partial charge in [-0.1, -0.05) is 12.1 Å². The number of methoxy groups -OCH3 is 1. The summed E-state index contributed by atoms with van der Waals surface area (Å²) in [7, 11) is 1.60. The summed E-state index contributed by atoms with van der Waals surface area (Å²) in [5.41, 5.74) is 1.87. The maximum absolute atomic E-state index is 13.7. The van der Waals surface area contributed by atoms with Gasteiger partial charge in [-0.25, -0.2) is 4.39 Å². The summed E-state index contributed by atoms with van der Waals surface area (Å²) in [6.45, 7) is 0. The van der Waals surface area contributed by atoms with E-state index < -0.39 is 5.82 Å². The minimum absolute atomic E-state index is 0.120. The number of aromatic nitrogens is 1. The Balaban J connectivity index is 1.95. The third kappa shape index (κ3) is 2.52. The second kappa shape index (κ2) is 5.40. The molecule has 106 valence electrons. The van der Waals surface area contributed by atoms with Crippen molar-refractivity contribution in [3.63, 3.8) is 0 Å². The van der Waals surface area contributed by atoms with Gasteiger partial charge in [0.2, 0.25) is 0 Å². The number of Topliss-reactive ketones (excluding diaryl/α,β-unsaturated/α-hetero) is 1. The number of halogens is 1. The molecular weight excluding hydrogens is 269 g/mol. The van der Waals surface area contributed by atoms with E-state index in [1.165, 1.54) is 12.1 Å². The van der Waals surface area contributed by atoms with E-state index >= 15 is 0 Å². The molecule has 0 aliphatic carbocycles. The fraction of sp³-hybridized carbons (Fsp3) is 0.118. The van der Waals surface area contributed by atoms with Crippen LogP contribution in [0, 0.1) is 5.82 Å². The van der Waals surface area contributed by atoms with Gasteiger partial charge in [0.25, 0.3) is 0 Å². The second-order valence-corrected chi connectivity index (χ2v) is 4.81. The average Bonchev–Trinajstić information content (AvgIpc) is 2.90. The van der Waals surface area contributed by atoms with Crippen molar-refractivity contribution in [2.45, 2.75) is 6.42 Å². The first kappa shape index (κ1) is 13.4. The lowest BCUT2D eigenvalue weighted by atomic mass is 10.0. The molecule has 1 heterocycles. The largest absolute Gasteiger partial charge is 0.497 e. The molecule has 1 aromatic heterocycles. The van der Waals surface area contributed by atoms with Gasteiger partial charge in [-0.2, -0.15) is 0 Å². The van der Waals surface area contributed by atoms with Crippen molar-refractivity contribution in [2.75, 3.05) is 7.11 Å². The van der Waals surface area contributed by atoms with E-state index in [1.54, 1.807) is 25.4 Å². The van der Waals surface area contributed by atoms with Gasteiger partial charge >= 0.3 is 0 Å². The Kier molecular flexibility index (Phi) is 3.44. The zero-order valence-corrected chi connectivity index (χ0v) is 11.5. The maximum atomic E-state index is 13.7. The molecule has 0 atom stereocenters. The lowest BCUT2D eigenvalue weighted by Crippen LogP contribution is -2.05. The van der Waals surface area contributed by atoms with E-state index in [2.05, 4.69) is 4.98 Å². The monoisotopic (exact) mass is 283 g/mol. The lowest BCUT2D eigenvalue weighted by molar-refractivity contribution is 0.0989. The Morgan fingerprint density at radius 2 is 2.05 bits per heavy atom. The predicted octanol–water partition coefficient (Wildman–Crippen LogP) is 3.74. The van der Waals surface area contributed by atoms with Gasteiger partial charge in [-0.15, -0.1) is 0 Å². The number of ether oxygens (including phenoxy) is 1. The molecule has 4 heteroatoms. The molecule has 0 amide bonds. The molecule has 3 nitrogen and oxygen atoms in total. The summed E-state index contributed by atoms with van der Waals surface area (Å²) in [6.07, 6.45) is 1.93. The third-order valence-corrected chi connectivity index (χ3v) is 3.50. The summed E-state index contributed by atoms with van der Waals surface area (Å²) in [4.78, 5) is 15.4. The molecule has 0 unspecified atom stereocenters. The molecule has 0 bridgehead atoms. The zero-order chi connectivity index (χ0) is 14.8. The van der Waals surface area contributed by atoms with Gasteiger partial charge in [-0.3, -0.25) is 4.79 Å². The smallest absolute Gasteiger partial charge is 0.170 e. The fourth-order valence-corrected chi connectivity index (χ4v) is 2.39. The summed E-state index contributed by atoms with van der Waals surface area (Å²) >= 11 is 0. The Morgan fingerprint density at radius 1 is 1.24 bits per heavy atom. The van der Waals surface area contributed by atoms with E-state index in [9.17, 15) is 9.18 Å². The minimum Gasteiger partial charge on any atom is -0.497 e. The number of fused-ring (bicyclic) bond motifs is 1. The molecule has 0 spiro atoms. The number of nitrogens with one attached hydrogen (secondary N) is 1. The van der Waals surface area contributed by atoms with Crippen LogP contribution in [-0.4, -0.2) is 17.9 Å². The van der Waals surface area contributed by atoms with Crippen LogP contribution in [0.15, 0.2) is 48.7 Å². The van der Waals surface area contributed by atoms with Crippen LogP contribution >= 0.6 is 0 Å². The van der Waals surface area contributed by atoms with Crippen LogP contribution < -0.4 is 4.74 Å². The quantitative estimate of drug-likeness (QED) is 0.741. The van der Waals surface area contributed by atoms with Gasteiger partial charge < -0.3 is 9.72 Å². The van der Waals surface area contributed by atoms with E-state index in [-0.39, 0.29) is 17.8 Å². The molecule has 0 radical (unpaired) electrons. The van der Waals surface area contributed by atoms with Crippen LogP contribution in [0.25, 0.3) is 10.9 Å². The summed E-state index contributed by atoms with van der Waals surface area (Å²) in [6, 6.07) is 11.7. The molecule has 2 aromatic carbocycles. The first-order valence-corrected chi connectivity index (χ1v) is 6.61. The van der Waals surface area contributed by atoms with Crippen LogP contribution in [-0.2, 0) is 6.42 Å². The summed E-state index contributed by atoms with van der Waals surface area (Å²) < 4.78 is 18.8.